The van der Waals surface area contributed by atoms with Crippen molar-refractivity contribution in [3.8, 4) is 11.1 Å². The standard InChI is InChI=1S/C13H11N5O/c1-18(17-19)13-7-9(5-6-14-13)10-3-2-4-12-11(10)8-15-16-12/h2-8H,1H3,(H,15,16). The number of nitrogens with one attached hydrogen (secondary N) is 1. The first-order chi connectivity index (χ1) is 9.29. The minimum Gasteiger partial charge on any atom is -0.278 e. The van der Waals surface area contributed by atoms with E-state index in [4.69, 9.17) is 0 Å². The number of nitrogens with zero attached hydrogens (tertiary/aromatic N) is 4. The Balaban J connectivity index is 2.16. The van der Waals surface area contributed by atoms with Gasteiger partial charge in [-0.2, -0.15) is 5.10 Å². The van der Waals surface area contributed by atoms with Gasteiger partial charge >= 0.3 is 0 Å². The second-order valence-electron chi connectivity index (χ2n) is 4.14. The molecule has 0 amide bonds. The molecule has 1 aromatic carbocycles. The van der Waals surface area contributed by atoms with Gasteiger partial charge < -0.3 is 0 Å². The maximum Gasteiger partial charge on any atom is 0.152 e. The van der Waals surface area contributed by atoms with Gasteiger partial charge in [-0.3, -0.25) is 5.10 Å². The summed E-state index contributed by atoms with van der Waals surface area (Å²) >= 11 is 0. The topological polar surface area (TPSA) is 74.2 Å². The lowest BCUT2D eigenvalue weighted by atomic mass is 10.0. The molecular formula is C13H11N5O. The molecule has 0 bridgehead atoms. The summed E-state index contributed by atoms with van der Waals surface area (Å²) in [6, 6.07) is 9.64. The molecule has 6 heteroatoms. The van der Waals surface area contributed by atoms with Crippen LogP contribution >= 0.6 is 0 Å². The maximum atomic E-state index is 10.5. The molecule has 0 spiro atoms. The Kier molecular flexibility index (Phi) is 2.68. The molecule has 0 aliphatic heterocycles. The van der Waals surface area contributed by atoms with Crippen molar-refractivity contribution in [1.82, 2.24) is 15.2 Å². The fourth-order valence-corrected chi connectivity index (χ4v) is 2.02. The molecule has 0 aliphatic rings. The summed E-state index contributed by atoms with van der Waals surface area (Å²) in [5, 5.41) is 12.0. The Labute approximate surface area is 109 Å². The molecule has 0 atom stereocenters. The number of aromatic amines is 1. The summed E-state index contributed by atoms with van der Waals surface area (Å²) in [4.78, 5) is 14.7. The highest BCUT2D eigenvalue weighted by atomic mass is 16.3. The van der Waals surface area contributed by atoms with Crippen molar-refractivity contribution in [2.75, 3.05) is 12.1 Å². The van der Waals surface area contributed by atoms with E-state index in [2.05, 4.69) is 20.5 Å². The molecule has 6 nitrogen and oxygen atoms in total. The van der Waals surface area contributed by atoms with Crippen LogP contribution in [-0.4, -0.2) is 22.2 Å². The van der Waals surface area contributed by atoms with Crippen molar-refractivity contribution >= 4 is 16.7 Å². The summed E-state index contributed by atoms with van der Waals surface area (Å²) < 4.78 is 0. The Morgan fingerprint density at radius 2 is 2.21 bits per heavy atom. The van der Waals surface area contributed by atoms with Gasteiger partial charge in [0.2, 0.25) is 0 Å². The number of hydrogen-bond acceptors (Lipinski definition) is 4. The Morgan fingerprint density at radius 3 is 3.05 bits per heavy atom. The molecule has 19 heavy (non-hydrogen) atoms. The van der Waals surface area contributed by atoms with E-state index in [1.54, 1.807) is 19.4 Å². The average Bonchev–Trinajstić information content (AvgIpc) is 2.94. The quantitative estimate of drug-likeness (QED) is 0.575. The van der Waals surface area contributed by atoms with Gasteiger partial charge in [0.25, 0.3) is 0 Å². The Bertz CT molecular complexity index is 736. The fraction of sp³-hybridized carbons (Fsp3) is 0.0769. The smallest absolute Gasteiger partial charge is 0.152 e. The van der Waals surface area contributed by atoms with Gasteiger partial charge in [-0.15, -0.1) is 4.91 Å². The molecule has 94 valence electrons. The van der Waals surface area contributed by atoms with Crippen molar-refractivity contribution < 1.29 is 0 Å². The third-order valence-corrected chi connectivity index (χ3v) is 3.00. The molecule has 0 saturated heterocycles. The Morgan fingerprint density at radius 1 is 1.32 bits per heavy atom. The molecule has 0 saturated carbocycles. The normalized spacial score (nSPS) is 10.6. The highest BCUT2D eigenvalue weighted by molar-refractivity contribution is 5.94. The summed E-state index contributed by atoms with van der Waals surface area (Å²) in [6.07, 6.45) is 3.44. The number of nitroso groups, excluding NO2 is 1. The zero-order valence-corrected chi connectivity index (χ0v) is 10.2. The number of hydrogen-bond donors (Lipinski definition) is 1. The van der Waals surface area contributed by atoms with Crippen molar-refractivity contribution in [3.05, 3.63) is 47.6 Å². The van der Waals surface area contributed by atoms with Gasteiger partial charge in [0, 0.05) is 18.6 Å². The van der Waals surface area contributed by atoms with Gasteiger partial charge in [-0.05, 0) is 29.3 Å². The fourth-order valence-electron chi connectivity index (χ4n) is 2.02. The maximum absolute atomic E-state index is 10.5. The van der Waals surface area contributed by atoms with E-state index in [9.17, 15) is 4.91 Å². The Hall–Kier alpha value is -2.76. The molecule has 0 aliphatic carbocycles. The molecule has 3 rings (SSSR count). The predicted molar refractivity (Wildman–Crippen MR) is 73.5 cm³/mol. The minimum absolute atomic E-state index is 0.507. The first kappa shape index (κ1) is 11.3. The van der Waals surface area contributed by atoms with Crippen LogP contribution in [0, 0.1) is 4.91 Å². The predicted octanol–water partition coefficient (Wildman–Crippen LogP) is 2.74. The van der Waals surface area contributed by atoms with Gasteiger partial charge in [0.1, 0.15) is 0 Å². The molecule has 1 N–H and O–H groups in total. The number of fused-ring (bicyclic) bond motifs is 1. The average molecular weight is 253 g/mol. The highest BCUT2D eigenvalue weighted by Gasteiger charge is 2.08. The largest absolute Gasteiger partial charge is 0.278 e. The second kappa shape index (κ2) is 4.49. The van der Waals surface area contributed by atoms with E-state index in [-0.39, 0.29) is 0 Å². The second-order valence-corrected chi connectivity index (χ2v) is 4.14. The molecule has 3 aromatic rings. The number of anilines is 1. The third-order valence-electron chi connectivity index (χ3n) is 3.00. The molecular weight excluding hydrogens is 242 g/mol. The van der Waals surface area contributed by atoms with E-state index in [0.29, 0.717) is 5.82 Å². The van der Waals surface area contributed by atoms with Crippen LogP contribution in [0.25, 0.3) is 22.0 Å². The zero-order chi connectivity index (χ0) is 13.2. The van der Waals surface area contributed by atoms with E-state index >= 15 is 0 Å². The number of rotatable bonds is 3. The molecule has 0 fully saturated rings. The lowest BCUT2D eigenvalue weighted by Crippen LogP contribution is -2.08. The number of benzene rings is 1. The number of pyridine rings is 1. The van der Waals surface area contributed by atoms with Crippen LogP contribution in [0.2, 0.25) is 0 Å². The van der Waals surface area contributed by atoms with Gasteiger partial charge in [-0.25, -0.2) is 9.99 Å². The van der Waals surface area contributed by atoms with Crippen LogP contribution in [-0.2, 0) is 0 Å². The molecule has 0 unspecified atom stereocenters. The van der Waals surface area contributed by atoms with Gasteiger partial charge in [-0.1, -0.05) is 12.1 Å². The monoisotopic (exact) mass is 253 g/mol. The summed E-state index contributed by atoms with van der Waals surface area (Å²) in [7, 11) is 1.57. The zero-order valence-electron chi connectivity index (χ0n) is 10.2. The third kappa shape index (κ3) is 1.93. The van der Waals surface area contributed by atoms with Gasteiger partial charge in [0.05, 0.1) is 17.0 Å². The van der Waals surface area contributed by atoms with Crippen molar-refractivity contribution in [2.24, 2.45) is 5.29 Å². The summed E-state index contributed by atoms with van der Waals surface area (Å²) in [5.74, 6) is 0.507. The lowest BCUT2D eigenvalue weighted by Gasteiger charge is -2.09. The van der Waals surface area contributed by atoms with Crippen LogP contribution in [0.5, 0.6) is 0 Å². The number of H-pyrrole nitrogens is 1. The van der Waals surface area contributed by atoms with E-state index < -0.39 is 0 Å². The van der Waals surface area contributed by atoms with Crippen LogP contribution < -0.4 is 5.01 Å². The van der Waals surface area contributed by atoms with Gasteiger partial charge in [0.15, 0.2) is 5.82 Å². The summed E-state index contributed by atoms with van der Waals surface area (Å²) in [6.45, 7) is 0. The molecule has 2 aromatic heterocycles. The van der Waals surface area contributed by atoms with Crippen molar-refractivity contribution in [2.45, 2.75) is 0 Å². The van der Waals surface area contributed by atoms with E-state index in [0.717, 1.165) is 22.0 Å². The molecule has 0 radical (unpaired) electrons. The van der Waals surface area contributed by atoms with E-state index in [1.165, 1.54) is 5.01 Å². The van der Waals surface area contributed by atoms with Crippen LogP contribution in [0.15, 0.2) is 48.0 Å². The van der Waals surface area contributed by atoms with Crippen molar-refractivity contribution in [3.63, 3.8) is 0 Å². The van der Waals surface area contributed by atoms with Crippen LogP contribution in [0.3, 0.4) is 0 Å². The molecule has 2 heterocycles. The minimum atomic E-state index is 0.507. The lowest BCUT2D eigenvalue weighted by molar-refractivity contribution is 0.967. The van der Waals surface area contributed by atoms with Crippen LogP contribution in [0.1, 0.15) is 0 Å². The van der Waals surface area contributed by atoms with Crippen molar-refractivity contribution in [1.29, 1.82) is 0 Å². The summed E-state index contributed by atoms with van der Waals surface area (Å²) in [5.41, 5.74) is 2.97. The first-order valence-corrected chi connectivity index (χ1v) is 5.75. The SMILES string of the molecule is CN(N=O)c1cc(-c2cccc3[nH]ncc23)ccn1. The number of aromatic nitrogens is 3. The first-order valence-electron chi connectivity index (χ1n) is 5.75. The highest BCUT2D eigenvalue weighted by Crippen LogP contribution is 2.28. The van der Waals surface area contributed by atoms with E-state index in [1.807, 2.05) is 30.3 Å². The van der Waals surface area contributed by atoms with Crippen LogP contribution in [0.4, 0.5) is 5.82 Å².